The third-order valence-electron chi connectivity index (χ3n) is 4.41. The van der Waals surface area contributed by atoms with Gasteiger partial charge in [0.15, 0.2) is 0 Å². The largest absolute Gasteiger partial charge is 0.379 e. The van der Waals surface area contributed by atoms with Crippen LogP contribution in [0.5, 0.6) is 0 Å². The van der Waals surface area contributed by atoms with Crippen LogP contribution in [0.4, 0.5) is 0 Å². The maximum Gasteiger partial charge on any atom is 0.229 e. The first-order chi connectivity index (χ1) is 8.45. The average molecular weight is 255 g/mol. The van der Waals surface area contributed by atoms with Gasteiger partial charge in [-0.3, -0.25) is 9.69 Å². The molecule has 1 saturated heterocycles. The Bertz CT molecular complexity index is 319. The molecule has 1 aliphatic carbocycles. The quantitative estimate of drug-likeness (QED) is 0.723. The van der Waals surface area contributed by atoms with E-state index >= 15 is 0 Å². The van der Waals surface area contributed by atoms with E-state index in [4.69, 9.17) is 10.5 Å². The van der Waals surface area contributed by atoms with Gasteiger partial charge in [-0.1, -0.05) is 0 Å². The smallest absolute Gasteiger partial charge is 0.229 e. The van der Waals surface area contributed by atoms with Crippen LogP contribution in [-0.2, 0) is 9.53 Å². The Morgan fingerprint density at radius 2 is 2.28 bits per heavy atom. The summed E-state index contributed by atoms with van der Waals surface area (Å²) in [5, 5.41) is 3.02. The van der Waals surface area contributed by atoms with Gasteiger partial charge >= 0.3 is 0 Å². The Morgan fingerprint density at radius 1 is 1.61 bits per heavy atom. The van der Waals surface area contributed by atoms with Gasteiger partial charge in [-0.2, -0.15) is 0 Å². The number of carbonyl (C=O) groups excluding carboxylic acids is 1. The summed E-state index contributed by atoms with van der Waals surface area (Å²) in [7, 11) is 2.13. The van der Waals surface area contributed by atoms with E-state index in [2.05, 4.69) is 24.2 Å². The van der Waals surface area contributed by atoms with E-state index in [-0.39, 0.29) is 11.9 Å². The minimum absolute atomic E-state index is 0.0172. The maximum atomic E-state index is 12.2. The van der Waals surface area contributed by atoms with Crippen molar-refractivity contribution in [3.8, 4) is 0 Å². The van der Waals surface area contributed by atoms with Crippen molar-refractivity contribution in [2.45, 2.75) is 44.8 Å². The summed E-state index contributed by atoms with van der Waals surface area (Å²) in [6.07, 6.45) is 2.57. The van der Waals surface area contributed by atoms with Gasteiger partial charge in [0.2, 0.25) is 5.91 Å². The molecule has 3 N–H and O–H groups in total. The van der Waals surface area contributed by atoms with Gasteiger partial charge < -0.3 is 15.8 Å². The second kappa shape index (κ2) is 5.15. The average Bonchev–Trinajstić information content (AvgIpc) is 3.13. The lowest BCUT2D eigenvalue weighted by molar-refractivity contribution is -0.130. The maximum absolute atomic E-state index is 12.2. The number of hydrogen-bond acceptors (Lipinski definition) is 4. The molecule has 0 spiro atoms. The summed E-state index contributed by atoms with van der Waals surface area (Å²) in [5.41, 5.74) is 5.37. The number of nitrogens with one attached hydrogen (secondary N) is 1. The standard InChI is InChI=1S/C13H25N3O2/c1-9(16(3)10-4-5-10)6-15-12(17)13(2)8-18-7-11(13)14/h9-11H,4-8,14H2,1-3H3,(H,15,17). The minimum Gasteiger partial charge on any atom is -0.379 e. The molecular formula is C13H25N3O2. The van der Waals surface area contributed by atoms with E-state index in [1.54, 1.807) is 0 Å². The fraction of sp³-hybridized carbons (Fsp3) is 0.923. The number of amides is 1. The van der Waals surface area contributed by atoms with Gasteiger partial charge in [-0.05, 0) is 33.7 Å². The van der Waals surface area contributed by atoms with Crippen molar-refractivity contribution in [2.75, 3.05) is 26.8 Å². The second-order valence-electron chi connectivity index (χ2n) is 5.99. The van der Waals surface area contributed by atoms with Crippen LogP contribution in [-0.4, -0.2) is 55.7 Å². The summed E-state index contributed by atoms with van der Waals surface area (Å²) in [6.45, 7) is 5.60. The SMILES string of the molecule is CC(CNC(=O)C1(C)COCC1N)N(C)C1CC1. The summed E-state index contributed by atoms with van der Waals surface area (Å²) in [5.74, 6) is 0.0172. The van der Waals surface area contributed by atoms with Crippen LogP contribution in [0.25, 0.3) is 0 Å². The highest BCUT2D eigenvalue weighted by Crippen LogP contribution is 2.28. The molecular weight excluding hydrogens is 230 g/mol. The van der Waals surface area contributed by atoms with Crippen molar-refractivity contribution in [1.29, 1.82) is 0 Å². The van der Waals surface area contributed by atoms with Gasteiger partial charge in [0.25, 0.3) is 0 Å². The molecule has 3 atom stereocenters. The summed E-state index contributed by atoms with van der Waals surface area (Å²) in [6, 6.07) is 0.877. The number of hydrogen-bond donors (Lipinski definition) is 2. The van der Waals surface area contributed by atoms with Crippen molar-refractivity contribution in [2.24, 2.45) is 11.1 Å². The topological polar surface area (TPSA) is 67.6 Å². The number of nitrogens with two attached hydrogens (primary N) is 1. The molecule has 0 bridgehead atoms. The molecule has 0 aromatic carbocycles. The summed E-state index contributed by atoms with van der Waals surface area (Å²) < 4.78 is 5.30. The number of rotatable bonds is 5. The van der Waals surface area contributed by atoms with E-state index in [1.165, 1.54) is 12.8 Å². The zero-order valence-electron chi connectivity index (χ0n) is 11.6. The first kappa shape index (κ1) is 13.8. The summed E-state index contributed by atoms with van der Waals surface area (Å²) >= 11 is 0. The molecule has 1 aliphatic heterocycles. The molecule has 0 radical (unpaired) electrons. The Kier molecular flexibility index (Phi) is 3.94. The lowest BCUT2D eigenvalue weighted by Crippen LogP contribution is -2.52. The number of likely N-dealkylation sites (N-methyl/N-ethyl adjacent to an activating group) is 1. The van der Waals surface area contributed by atoms with Crippen molar-refractivity contribution in [3.05, 3.63) is 0 Å². The molecule has 0 aromatic rings. The lowest BCUT2D eigenvalue weighted by Gasteiger charge is -2.29. The van der Waals surface area contributed by atoms with E-state index in [1.807, 2.05) is 6.92 Å². The molecule has 18 heavy (non-hydrogen) atoms. The fourth-order valence-corrected chi connectivity index (χ4v) is 2.35. The molecule has 0 aromatic heterocycles. The van der Waals surface area contributed by atoms with Gasteiger partial charge in [-0.25, -0.2) is 0 Å². The van der Waals surface area contributed by atoms with E-state index in [9.17, 15) is 4.79 Å². The molecule has 2 aliphatic rings. The molecule has 5 heteroatoms. The van der Waals surface area contributed by atoms with Crippen LogP contribution in [0.1, 0.15) is 26.7 Å². The number of nitrogens with zero attached hydrogens (tertiary/aromatic N) is 1. The molecule has 2 rings (SSSR count). The van der Waals surface area contributed by atoms with Crippen LogP contribution in [0, 0.1) is 5.41 Å². The zero-order chi connectivity index (χ0) is 13.3. The van der Waals surface area contributed by atoms with Gasteiger partial charge in [-0.15, -0.1) is 0 Å². The van der Waals surface area contributed by atoms with Gasteiger partial charge in [0, 0.05) is 24.7 Å². The van der Waals surface area contributed by atoms with Crippen LogP contribution < -0.4 is 11.1 Å². The molecule has 1 heterocycles. The lowest BCUT2D eigenvalue weighted by atomic mass is 9.85. The number of carbonyl (C=O) groups is 1. The Labute approximate surface area is 109 Å². The fourth-order valence-electron chi connectivity index (χ4n) is 2.35. The minimum atomic E-state index is -0.572. The molecule has 3 unspecified atom stereocenters. The normalized spacial score (nSPS) is 33.7. The predicted octanol–water partition coefficient (Wildman–Crippen LogP) is -0.0509. The number of ether oxygens (including phenoxy) is 1. The third kappa shape index (κ3) is 2.68. The Hall–Kier alpha value is -0.650. The third-order valence-corrected chi connectivity index (χ3v) is 4.41. The van der Waals surface area contributed by atoms with Gasteiger partial charge in [0.05, 0.1) is 18.6 Å². The van der Waals surface area contributed by atoms with Crippen LogP contribution >= 0.6 is 0 Å². The van der Waals surface area contributed by atoms with E-state index < -0.39 is 5.41 Å². The van der Waals surface area contributed by atoms with E-state index in [0.29, 0.717) is 31.8 Å². The molecule has 2 fully saturated rings. The van der Waals surface area contributed by atoms with Crippen molar-refractivity contribution < 1.29 is 9.53 Å². The molecule has 5 nitrogen and oxygen atoms in total. The van der Waals surface area contributed by atoms with Crippen molar-refractivity contribution in [3.63, 3.8) is 0 Å². The van der Waals surface area contributed by atoms with E-state index in [0.717, 1.165) is 0 Å². The molecule has 1 amide bonds. The van der Waals surface area contributed by atoms with Crippen LogP contribution in [0.15, 0.2) is 0 Å². The zero-order valence-corrected chi connectivity index (χ0v) is 11.6. The molecule has 1 saturated carbocycles. The van der Waals surface area contributed by atoms with Crippen molar-refractivity contribution in [1.82, 2.24) is 10.2 Å². The van der Waals surface area contributed by atoms with Crippen LogP contribution in [0.3, 0.4) is 0 Å². The summed E-state index contributed by atoms with van der Waals surface area (Å²) in [4.78, 5) is 14.5. The van der Waals surface area contributed by atoms with Crippen LogP contribution in [0.2, 0.25) is 0 Å². The Balaban J connectivity index is 1.80. The first-order valence-corrected chi connectivity index (χ1v) is 6.78. The second-order valence-corrected chi connectivity index (χ2v) is 5.99. The van der Waals surface area contributed by atoms with Crippen molar-refractivity contribution >= 4 is 5.91 Å². The highest BCUT2D eigenvalue weighted by molar-refractivity contribution is 5.83. The first-order valence-electron chi connectivity index (χ1n) is 6.78. The van der Waals surface area contributed by atoms with Gasteiger partial charge in [0.1, 0.15) is 0 Å². The monoisotopic (exact) mass is 255 g/mol. The Morgan fingerprint density at radius 3 is 2.78 bits per heavy atom. The highest BCUT2D eigenvalue weighted by atomic mass is 16.5. The highest BCUT2D eigenvalue weighted by Gasteiger charge is 2.44. The predicted molar refractivity (Wildman–Crippen MR) is 70.2 cm³/mol. The molecule has 104 valence electrons.